The fraction of sp³-hybridized carbons (Fsp3) is 0.438. The molecule has 3 rings (SSSR count). The zero-order chi connectivity index (χ0) is 17.3. The number of hydrogen-bond acceptors (Lipinski definition) is 3. The number of carbonyl (C=O) groups excluding carboxylic acids is 1. The first-order chi connectivity index (χ1) is 11.4. The Morgan fingerprint density at radius 1 is 1.42 bits per heavy atom. The first-order valence-corrected chi connectivity index (χ1v) is 10.4. The van der Waals surface area contributed by atoms with Gasteiger partial charge in [0.15, 0.2) is 0 Å². The van der Waals surface area contributed by atoms with Crippen molar-refractivity contribution in [3.8, 4) is 0 Å². The Hall–Kier alpha value is -1.38. The molecule has 1 atom stereocenters. The summed E-state index contributed by atoms with van der Waals surface area (Å²) in [4.78, 5) is 17.6. The predicted molar refractivity (Wildman–Crippen MR) is 97.5 cm³/mol. The van der Waals surface area contributed by atoms with Crippen LogP contribution in [0, 0.1) is 0 Å². The third kappa shape index (κ3) is 3.81. The fourth-order valence-corrected chi connectivity index (χ4v) is 4.21. The van der Waals surface area contributed by atoms with Crippen LogP contribution in [0.5, 0.6) is 0 Å². The number of likely N-dealkylation sites (tertiary alicyclic amines) is 1. The molecular formula is C16H20BrN3O3S. The van der Waals surface area contributed by atoms with Gasteiger partial charge in [-0.1, -0.05) is 22.0 Å². The highest BCUT2D eigenvalue weighted by molar-refractivity contribution is 9.10. The molecule has 0 spiro atoms. The molecule has 0 bridgehead atoms. The lowest BCUT2D eigenvalue weighted by Crippen LogP contribution is -2.49. The number of fused-ring (bicyclic) bond motifs is 1. The lowest BCUT2D eigenvalue weighted by atomic mass is 10.1. The third-order valence-corrected chi connectivity index (χ3v) is 6.20. The molecule has 8 heteroatoms. The van der Waals surface area contributed by atoms with Crippen molar-refractivity contribution in [3.05, 3.63) is 34.4 Å². The molecule has 2 N–H and O–H groups in total. The Labute approximate surface area is 149 Å². The van der Waals surface area contributed by atoms with Crippen molar-refractivity contribution >= 4 is 42.8 Å². The molecule has 1 aliphatic rings. The highest BCUT2D eigenvalue weighted by atomic mass is 79.9. The van der Waals surface area contributed by atoms with E-state index in [1.165, 1.54) is 0 Å². The molecule has 1 saturated heterocycles. The van der Waals surface area contributed by atoms with Gasteiger partial charge >= 0.3 is 0 Å². The molecule has 1 aromatic heterocycles. The normalized spacial score (nSPS) is 18.9. The standard InChI is InChI=1S/C16H20BrN3O3S/c1-2-24(22,23)19-13-4-3-7-20(10-13)16(21)15-8-11-5-6-12(17)9-14(11)18-15/h5-6,8-9,13,18-19H,2-4,7,10H2,1H3/t13-/m0/s1. The molecule has 2 heterocycles. The number of rotatable bonds is 4. The minimum atomic E-state index is -3.26. The van der Waals surface area contributed by atoms with Gasteiger partial charge in [0.05, 0.1) is 5.75 Å². The van der Waals surface area contributed by atoms with Crippen LogP contribution < -0.4 is 4.72 Å². The van der Waals surface area contributed by atoms with Crippen molar-refractivity contribution in [1.82, 2.24) is 14.6 Å². The molecule has 2 aromatic rings. The molecule has 0 unspecified atom stereocenters. The number of nitrogens with zero attached hydrogens (tertiary/aromatic N) is 1. The number of H-pyrrole nitrogens is 1. The van der Waals surface area contributed by atoms with Gasteiger partial charge in [-0.15, -0.1) is 0 Å². The number of aromatic amines is 1. The van der Waals surface area contributed by atoms with Crippen molar-refractivity contribution in [1.29, 1.82) is 0 Å². The number of halogens is 1. The molecule has 1 aromatic carbocycles. The lowest BCUT2D eigenvalue weighted by Gasteiger charge is -2.32. The molecule has 1 amide bonds. The van der Waals surface area contributed by atoms with Crippen LogP contribution in [-0.4, -0.2) is 49.1 Å². The number of aromatic nitrogens is 1. The van der Waals surface area contributed by atoms with Crippen molar-refractivity contribution in [3.63, 3.8) is 0 Å². The van der Waals surface area contributed by atoms with Crippen LogP contribution in [0.3, 0.4) is 0 Å². The number of nitrogens with one attached hydrogen (secondary N) is 2. The van der Waals surface area contributed by atoms with E-state index in [4.69, 9.17) is 0 Å². The zero-order valence-corrected chi connectivity index (χ0v) is 15.8. The van der Waals surface area contributed by atoms with Gasteiger partial charge in [0.2, 0.25) is 10.0 Å². The summed E-state index contributed by atoms with van der Waals surface area (Å²) in [7, 11) is -3.26. The van der Waals surface area contributed by atoms with Crippen LogP contribution in [0.4, 0.5) is 0 Å². The average molecular weight is 414 g/mol. The van der Waals surface area contributed by atoms with E-state index >= 15 is 0 Å². The van der Waals surface area contributed by atoms with Crippen LogP contribution in [0.2, 0.25) is 0 Å². The van der Waals surface area contributed by atoms with E-state index in [2.05, 4.69) is 25.6 Å². The quantitative estimate of drug-likeness (QED) is 0.807. The maximum Gasteiger partial charge on any atom is 0.270 e. The van der Waals surface area contributed by atoms with Crippen molar-refractivity contribution in [2.45, 2.75) is 25.8 Å². The second kappa shape index (κ2) is 6.85. The maximum atomic E-state index is 12.7. The predicted octanol–water partition coefficient (Wildman–Crippen LogP) is 2.47. The molecular weight excluding hydrogens is 394 g/mol. The molecule has 24 heavy (non-hydrogen) atoms. The SMILES string of the molecule is CCS(=O)(=O)N[C@H]1CCCN(C(=O)c2cc3ccc(Br)cc3[nH]2)C1. The Morgan fingerprint density at radius 2 is 2.21 bits per heavy atom. The Kier molecular flexibility index (Phi) is 4.98. The summed E-state index contributed by atoms with van der Waals surface area (Å²) < 4.78 is 27.1. The number of piperidine rings is 1. The van der Waals surface area contributed by atoms with Crippen LogP contribution in [0.1, 0.15) is 30.3 Å². The van der Waals surface area contributed by atoms with Gasteiger partial charge in [-0.2, -0.15) is 0 Å². The van der Waals surface area contributed by atoms with Gasteiger partial charge in [0.1, 0.15) is 5.69 Å². The molecule has 6 nitrogen and oxygen atoms in total. The van der Waals surface area contributed by atoms with Gasteiger partial charge in [-0.25, -0.2) is 13.1 Å². The smallest absolute Gasteiger partial charge is 0.270 e. The topological polar surface area (TPSA) is 82.3 Å². The van der Waals surface area contributed by atoms with E-state index in [0.717, 1.165) is 28.2 Å². The van der Waals surface area contributed by atoms with Crippen molar-refractivity contribution < 1.29 is 13.2 Å². The summed E-state index contributed by atoms with van der Waals surface area (Å²) in [6.45, 7) is 2.65. The summed E-state index contributed by atoms with van der Waals surface area (Å²) in [5, 5.41) is 0.974. The van der Waals surface area contributed by atoms with Crippen molar-refractivity contribution in [2.75, 3.05) is 18.8 Å². The Bertz CT molecular complexity index is 863. The van der Waals surface area contributed by atoms with Crippen LogP contribution in [-0.2, 0) is 10.0 Å². The molecule has 0 aliphatic carbocycles. The molecule has 0 radical (unpaired) electrons. The largest absolute Gasteiger partial charge is 0.350 e. The van der Waals surface area contributed by atoms with Gasteiger partial charge in [-0.05, 0) is 38.0 Å². The summed E-state index contributed by atoms with van der Waals surface area (Å²) in [5.74, 6) is -0.0448. The molecule has 130 valence electrons. The summed E-state index contributed by atoms with van der Waals surface area (Å²) in [5.41, 5.74) is 1.43. The van der Waals surface area contributed by atoms with E-state index in [1.807, 2.05) is 24.3 Å². The minimum Gasteiger partial charge on any atom is -0.350 e. The molecule has 0 saturated carbocycles. The third-order valence-electron chi connectivity index (χ3n) is 4.25. The Morgan fingerprint density at radius 3 is 2.96 bits per heavy atom. The number of sulfonamides is 1. The van der Waals surface area contributed by atoms with E-state index in [0.29, 0.717) is 18.8 Å². The minimum absolute atomic E-state index is 0.0499. The van der Waals surface area contributed by atoms with Gasteiger partial charge in [-0.3, -0.25) is 4.79 Å². The first kappa shape index (κ1) is 17.4. The van der Waals surface area contributed by atoms with Crippen LogP contribution in [0.15, 0.2) is 28.7 Å². The van der Waals surface area contributed by atoms with Gasteiger partial charge < -0.3 is 9.88 Å². The van der Waals surface area contributed by atoms with E-state index in [-0.39, 0.29) is 17.7 Å². The van der Waals surface area contributed by atoms with E-state index in [9.17, 15) is 13.2 Å². The van der Waals surface area contributed by atoms with Crippen molar-refractivity contribution in [2.24, 2.45) is 0 Å². The number of benzene rings is 1. The second-order valence-electron chi connectivity index (χ2n) is 6.03. The van der Waals surface area contributed by atoms with Crippen LogP contribution in [0.25, 0.3) is 10.9 Å². The van der Waals surface area contributed by atoms with Crippen LogP contribution >= 0.6 is 15.9 Å². The second-order valence-corrected chi connectivity index (χ2v) is 8.98. The number of carbonyl (C=O) groups is 1. The Balaban J connectivity index is 1.75. The van der Waals surface area contributed by atoms with E-state index in [1.54, 1.807) is 11.8 Å². The summed E-state index contributed by atoms with van der Waals surface area (Å²) >= 11 is 3.42. The monoisotopic (exact) mass is 413 g/mol. The zero-order valence-electron chi connectivity index (χ0n) is 13.4. The van der Waals surface area contributed by atoms with Gasteiger partial charge in [0, 0.05) is 34.5 Å². The highest BCUT2D eigenvalue weighted by Crippen LogP contribution is 2.22. The fourth-order valence-electron chi connectivity index (χ4n) is 2.98. The first-order valence-electron chi connectivity index (χ1n) is 7.95. The maximum absolute atomic E-state index is 12.7. The van der Waals surface area contributed by atoms with Gasteiger partial charge in [0.25, 0.3) is 5.91 Å². The molecule has 1 fully saturated rings. The lowest BCUT2D eigenvalue weighted by molar-refractivity contribution is 0.0698. The summed E-state index contributed by atoms with van der Waals surface area (Å²) in [6.07, 6.45) is 1.54. The summed E-state index contributed by atoms with van der Waals surface area (Å²) in [6, 6.07) is 7.43. The highest BCUT2D eigenvalue weighted by Gasteiger charge is 2.27. The number of amides is 1. The molecule has 1 aliphatic heterocycles. The average Bonchev–Trinajstić information content (AvgIpc) is 2.97. The number of hydrogen-bond donors (Lipinski definition) is 2. The van der Waals surface area contributed by atoms with E-state index < -0.39 is 10.0 Å².